The first kappa shape index (κ1) is 16.1. The molecule has 0 radical (unpaired) electrons. The molecule has 1 aliphatic heterocycles. The van der Waals surface area contributed by atoms with Crippen LogP contribution >= 0.6 is 0 Å². The van der Waals surface area contributed by atoms with Crippen molar-refractivity contribution >= 4 is 5.69 Å². The first-order chi connectivity index (χ1) is 9.94. The van der Waals surface area contributed by atoms with Crippen LogP contribution in [0.5, 0.6) is 5.75 Å². The van der Waals surface area contributed by atoms with Crippen molar-refractivity contribution in [3.8, 4) is 5.75 Å². The highest BCUT2D eigenvalue weighted by Crippen LogP contribution is 2.22. The SMILES string of the molecule is CC(C)(C)OCCOc1ccc(N2CCCC(N)C2)cc1. The molecule has 0 bridgehead atoms. The van der Waals surface area contributed by atoms with Gasteiger partial charge in [0.1, 0.15) is 12.4 Å². The summed E-state index contributed by atoms with van der Waals surface area (Å²) in [5.74, 6) is 0.887. The van der Waals surface area contributed by atoms with Gasteiger partial charge in [0.2, 0.25) is 0 Å². The Morgan fingerprint density at radius 3 is 2.52 bits per heavy atom. The van der Waals surface area contributed by atoms with Gasteiger partial charge in [0.25, 0.3) is 0 Å². The van der Waals surface area contributed by atoms with Crippen LogP contribution < -0.4 is 15.4 Å². The van der Waals surface area contributed by atoms with E-state index in [2.05, 4.69) is 17.0 Å². The van der Waals surface area contributed by atoms with Gasteiger partial charge in [-0.3, -0.25) is 0 Å². The molecule has 0 spiro atoms. The van der Waals surface area contributed by atoms with Crippen LogP contribution in [-0.2, 0) is 4.74 Å². The summed E-state index contributed by atoms with van der Waals surface area (Å²) in [6, 6.07) is 8.55. The first-order valence-corrected chi connectivity index (χ1v) is 7.81. The molecule has 1 atom stereocenters. The van der Waals surface area contributed by atoms with Crippen molar-refractivity contribution in [1.82, 2.24) is 0 Å². The van der Waals surface area contributed by atoms with Crippen LogP contribution in [0.1, 0.15) is 33.6 Å². The molecule has 1 saturated heterocycles. The summed E-state index contributed by atoms with van der Waals surface area (Å²) in [5, 5.41) is 0. The lowest BCUT2D eigenvalue weighted by atomic mass is 10.1. The minimum Gasteiger partial charge on any atom is -0.491 e. The molecule has 4 heteroatoms. The van der Waals surface area contributed by atoms with Crippen molar-refractivity contribution in [3.05, 3.63) is 24.3 Å². The van der Waals surface area contributed by atoms with Gasteiger partial charge in [0.15, 0.2) is 0 Å². The molecule has 0 aliphatic carbocycles. The lowest BCUT2D eigenvalue weighted by Crippen LogP contribution is -2.42. The molecular weight excluding hydrogens is 264 g/mol. The minimum atomic E-state index is -0.111. The Balaban J connectivity index is 1.79. The summed E-state index contributed by atoms with van der Waals surface area (Å²) in [7, 11) is 0. The second-order valence-corrected chi connectivity index (χ2v) is 6.65. The average molecular weight is 292 g/mol. The molecule has 1 aliphatic rings. The quantitative estimate of drug-likeness (QED) is 0.848. The summed E-state index contributed by atoms with van der Waals surface area (Å²) in [6.07, 6.45) is 2.30. The smallest absolute Gasteiger partial charge is 0.119 e. The molecule has 0 amide bonds. The highest BCUT2D eigenvalue weighted by molar-refractivity contribution is 5.49. The number of hydrogen-bond acceptors (Lipinski definition) is 4. The normalized spacial score (nSPS) is 19.6. The fourth-order valence-corrected chi connectivity index (χ4v) is 2.51. The zero-order chi connectivity index (χ0) is 15.3. The minimum absolute atomic E-state index is 0.111. The van der Waals surface area contributed by atoms with Crippen LogP contribution in [0, 0.1) is 0 Å². The molecule has 1 aromatic rings. The van der Waals surface area contributed by atoms with E-state index in [4.69, 9.17) is 15.2 Å². The third-order valence-corrected chi connectivity index (χ3v) is 3.55. The fourth-order valence-electron chi connectivity index (χ4n) is 2.51. The number of rotatable bonds is 5. The molecule has 2 N–H and O–H groups in total. The molecule has 0 aromatic heterocycles. The molecule has 1 heterocycles. The number of nitrogens with zero attached hydrogens (tertiary/aromatic N) is 1. The van der Waals surface area contributed by atoms with E-state index in [1.54, 1.807) is 0 Å². The predicted molar refractivity (Wildman–Crippen MR) is 87.1 cm³/mol. The van der Waals surface area contributed by atoms with E-state index in [0.717, 1.165) is 25.3 Å². The van der Waals surface area contributed by atoms with Crippen LogP contribution in [0.15, 0.2) is 24.3 Å². The van der Waals surface area contributed by atoms with Crippen molar-refractivity contribution in [1.29, 1.82) is 0 Å². The van der Waals surface area contributed by atoms with Crippen molar-refractivity contribution in [2.24, 2.45) is 5.73 Å². The van der Waals surface area contributed by atoms with Crippen LogP contribution in [0.25, 0.3) is 0 Å². The van der Waals surface area contributed by atoms with E-state index < -0.39 is 0 Å². The van der Waals surface area contributed by atoms with Gasteiger partial charge in [-0.15, -0.1) is 0 Å². The highest BCUT2D eigenvalue weighted by atomic mass is 16.5. The van der Waals surface area contributed by atoms with Gasteiger partial charge in [-0.2, -0.15) is 0 Å². The number of anilines is 1. The van der Waals surface area contributed by atoms with E-state index >= 15 is 0 Å². The van der Waals surface area contributed by atoms with Gasteiger partial charge in [-0.25, -0.2) is 0 Å². The topological polar surface area (TPSA) is 47.7 Å². The van der Waals surface area contributed by atoms with Crippen LogP contribution in [0.2, 0.25) is 0 Å². The Labute approximate surface area is 128 Å². The average Bonchev–Trinajstić information content (AvgIpc) is 2.43. The van der Waals surface area contributed by atoms with Crippen LogP contribution in [-0.4, -0.2) is 37.9 Å². The standard InChI is InChI=1S/C17H28N2O2/c1-17(2,3)21-12-11-20-16-8-6-15(7-9-16)19-10-4-5-14(18)13-19/h6-9,14H,4-5,10-13,18H2,1-3H3. The Bertz CT molecular complexity index is 425. The van der Waals surface area contributed by atoms with Crippen molar-refractivity contribution < 1.29 is 9.47 Å². The Morgan fingerprint density at radius 1 is 1.19 bits per heavy atom. The predicted octanol–water partition coefficient (Wildman–Crippen LogP) is 2.81. The molecule has 118 valence electrons. The summed E-state index contributed by atoms with van der Waals surface area (Å²) in [5.41, 5.74) is 7.14. The molecule has 1 unspecified atom stereocenters. The molecule has 1 aromatic carbocycles. The van der Waals surface area contributed by atoms with Gasteiger partial charge in [0.05, 0.1) is 12.2 Å². The maximum absolute atomic E-state index is 6.03. The summed E-state index contributed by atoms with van der Waals surface area (Å²) < 4.78 is 11.3. The summed E-state index contributed by atoms with van der Waals surface area (Å²) in [6.45, 7) is 9.35. The van der Waals surface area contributed by atoms with Gasteiger partial charge < -0.3 is 20.1 Å². The van der Waals surface area contributed by atoms with E-state index in [1.807, 2.05) is 32.9 Å². The molecule has 4 nitrogen and oxygen atoms in total. The Morgan fingerprint density at radius 2 is 1.90 bits per heavy atom. The van der Waals surface area contributed by atoms with E-state index in [-0.39, 0.29) is 5.60 Å². The molecular formula is C17H28N2O2. The van der Waals surface area contributed by atoms with Crippen molar-refractivity contribution in [2.75, 3.05) is 31.2 Å². The van der Waals surface area contributed by atoms with Crippen LogP contribution in [0.4, 0.5) is 5.69 Å². The zero-order valence-electron chi connectivity index (χ0n) is 13.5. The fraction of sp³-hybridized carbons (Fsp3) is 0.647. The summed E-state index contributed by atoms with van der Waals surface area (Å²) in [4.78, 5) is 2.35. The number of hydrogen-bond donors (Lipinski definition) is 1. The zero-order valence-corrected chi connectivity index (χ0v) is 13.5. The van der Waals surface area contributed by atoms with Gasteiger partial charge in [-0.1, -0.05) is 0 Å². The summed E-state index contributed by atoms with van der Waals surface area (Å²) >= 11 is 0. The maximum Gasteiger partial charge on any atom is 0.119 e. The van der Waals surface area contributed by atoms with E-state index in [9.17, 15) is 0 Å². The number of nitrogens with two attached hydrogens (primary N) is 1. The van der Waals surface area contributed by atoms with Crippen molar-refractivity contribution in [3.63, 3.8) is 0 Å². The second kappa shape index (κ2) is 7.14. The van der Waals surface area contributed by atoms with Crippen molar-refractivity contribution in [2.45, 2.75) is 45.3 Å². The number of benzene rings is 1. The van der Waals surface area contributed by atoms with Gasteiger partial charge in [-0.05, 0) is 57.9 Å². The molecule has 0 saturated carbocycles. The highest BCUT2D eigenvalue weighted by Gasteiger charge is 2.16. The van der Waals surface area contributed by atoms with Gasteiger partial charge in [0, 0.05) is 24.8 Å². The van der Waals surface area contributed by atoms with E-state index in [0.29, 0.717) is 19.3 Å². The second-order valence-electron chi connectivity index (χ2n) is 6.65. The number of piperidine rings is 1. The molecule has 2 rings (SSSR count). The third-order valence-electron chi connectivity index (χ3n) is 3.55. The Kier molecular flexibility index (Phi) is 5.48. The lowest BCUT2D eigenvalue weighted by Gasteiger charge is -2.32. The van der Waals surface area contributed by atoms with Gasteiger partial charge >= 0.3 is 0 Å². The molecule has 1 fully saturated rings. The Hall–Kier alpha value is -1.26. The third kappa shape index (κ3) is 5.56. The molecule has 21 heavy (non-hydrogen) atoms. The number of ether oxygens (including phenoxy) is 2. The largest absolute Gasteiger partial charge is 0.491 e. The van der Waals surface area contributed by atoms with E-state index in [1.165, 1.54) is 12.1 Å². The van der Waals surface area contributed by atoms with Crippen LogP contribution in [0.3, 0.4) is 0 Å². The monoisotopic (exact) mass is 292 g/mol. The lowest BCUT2D eigenvalue weighted by molar-refractivity contribution is -0.0163. The maximum atomic E-state index is 6.03. The first-order valence-electron chi connectivity index (χ1n) is 7.81.